The lowest BCUT2D eigenvalue weighted by molar-refractivity contribution is 0.201. The van der Waals surface area contributed by atoms with Gasteiger partial charge in [0.15, 0.2) is 0 Å². The van der Waals surface area contributed by atoms with Crippen molar-refractivity contribution < 1.29 is 4.79 Å². The van der Waals surface area contributed by atoms with Crippen LogP contribution in [0.25, 0.3) is 0 Å². The van der Waals surface area contributed by atoms with E-state index in [4.69, 9.17) is 0 Å². The van der Waals surface area contributed by atoms with E-state index in [1.807, 2.05) is 7.05 Å². The highest BCUT2D eigenvalue weighted by atomic mass is 32.1. The fourth-order valence-corrected chi connectivity index (χ4v) is 2.94. The van der Waals surface area contributed by atoms with Gasteiger partial charge in [-0.05, 0) is 38.5 Å². The number of hydrogen-bond donors (Lipinski definition) is 1. The molecular weight excluding hydrogens is 248 g/mol. The Hall–Kier alpha value is -1.17. The van der Waals surface area contributed by atoms with Gasteiger partial charge in [-0.2, -0.15) is 0 Å². The van der Waals surface area contributed by atoms with Crippen molar-refractivity contribution in [2.45, 2.75) is 44.6 Å². The summed E-state index contributed by atoms with van der Waals surface area (Å²) < 4.78 is 0. The van der Waals surface area contributed by atoms with E-state index < -0.39 is 0 Å². The summed E-state index contributed by atoms with van der Waals surface area (Å²) in [5, 5.41) is 12.7. The van der Waals surface area contributed by atoms with E-state index in [1.165, 1.54) is 37.0 Å². The molecule has 2 saturated carbocycles. The summed E-state index contributed by atoms with van der Waals surface area (Å²) in [6.45, 7) is 2.10. The number of rotatable bonds is 4. The molecule has 18 heavy (non-hydrogen) atoms. The average Bonchev–Trinajstić information content (AvgIpc) is 3.26. The molecule has 0 spiro atoms. The lowest BCUT2D eigenvalue weighted by atomic mass is 10.2. The van der Waals surface area contributed by atoms with Crippen molar-refractivity contribution in [2.24, 2.45) is 5.92 Å². The van der Waals surface area contributed by atoms with Gasteiger partial charge in [-0.3, -0.25) is 5.32 Å². The molecule has 0 bridgehead atoms. The standard InChI is InChI=1S/C12H18N4OS/c1-7(8-3-4-8)16(2)12(17)13-11-15-14-10(18-11)9-5-6-9/h7-9H,3-6H2,1-2H3,(H,13,15,17). The smallest absolute Gasteiger partial charge is 0.323 e. The second-order valence-corrected chi connectivity index (χ2v) is 6.35. The first kappa shape index (κ1) is 11.9. The molecule has 0 radical (unpaired) electrons. The molecule has 2 fully saturated rings. The molecular formula is C12H18N4OS. The van der Waals surface area contributed by atoms with Gasteiger partial charge in [0.05, 0.1) is 0 Å². The van der Waals surface area contributed by atoms with Crippen LogP contribution < -0.4 is 5.32 Å². The zero-order chi connectivity index (χ0) is 12.7. The SMILES string of the molecule is CC(C1CC1)N(C)C(=O)Nc1nnc(C2CC2)s1. The number of amides is 2. The number of carbonyl (C=O) groups excluding carboxylic acids is 1. The topological polar surface area (TPSA) is 58.1 Å². The average molecular weight is 266 g/mol. The Morgan fingerprint density at radius 3 is 2.72 bits per heavy atom. The van der Waals surface area contributed by atoms with Crippen LogP contribution in [0.4, 0.5) is 9.93 Å². The van der Waals surface area contributed by atoms with Crippen molar-refractivity contribution in [2.75, 3.05) is 12.4 Å². The van der Waals surface area contributed by atoms with Crippen LogP contribution >= 0.6 is 11.3 Å². The third-order valence-electron chi connectivity index (χ3n) is 3.82. The monoisotopic (exact) mass is 266 g/mol. The number of nitrogens with zero attached hydrogens (tertiary/aromatic N) is 3. The Labute approximate surface area is 111 Å². The summed E-state index contributed by atoms with van der Waals surface area (Å²) in [7, 11) is 1.85. The Morgan fingerprint density at radius 2 is 2.11 bits per heavy atom. The number of hydrogen-bond acceptors (Lipinski definition) is 4. The normalized spacial score (nSPS) is 20.6. The molecule has 2 amide bonds. The van der Waals surface area contributed by atoms with E-state index >= 15 is 0 Å². The van der Waals surface area contributed by atoms with Crippen LogP contribution in [-0.4, -0.2) is 34.2 Å². The predicted molar refractivity (Wildman–Crippen MR) is 70.9 cm³/mol. The second-order valence-electron chi connectivity index (χ2n) is 5.34. The van der Waals surface area contributed by atoms with Gasteiger partial charge in [-0.1, -0.05) is 11.3 Å². The zero-order valence-electron chi connectivity index (χ0n) is 10.7. The fraction of sp³-hybridized carbons (Fsp3) is 0.750. The van der Waals surface area contributed by atoms with E-state index in [9.17, 15) is 4.79 Å². The molecule has 98 valence electrons. The van der Waals surface area contributed by atoms with Crippen molar-refractivity contribution >= 4 is 22.5 Å². The first-order chi connectivity index (χ1) is 8.65. The Morgan fingerprint density at radius 1 is 1.39 bits per heavy atom. The van der Waals surface area contributed by atoms with Crippen LogP contribution in [0.5, 0.6) is 0 Å². The van der Waals surface area contributed by atoms with Crippen LogP contribution in [-0.2, 0) is 0 Å². The summed E-state index contributed by atoms with van der Waals surface area (Å²) in [5.74, 6) is 1.27. The number of aromatic nitrogens is 2. The van der Waals surface area contributed by atoms with E-state index in [0.29, 0.717) is 23.0 Å². The van der Waals surface area contributed by atoms with E-state index in [0.717, 1.165) is 5.01 Å². The maximum absolute atomic E-state index is 12.0. The molecule has 0 aliphatic heterocycles. The fourth-order valence-electron chi connectivity index (χ4n) is 2.04. The van der Waals surface area contributed by atoms with E-state index in [1.54, 1.807) is 4.90 Å². The molecule has 2 aliphatic carbocycles. The molecule has 1 aromatic rings. The van der Waals surface area contributed by atoms with E-state index in [-0.39, 0.29) is 6.03 Å². The van der Waals surface area contributed by atoms with Gasteiger partial charge in [0, 0.05) is 19.0 Å². The first-order valence-corrected chi connectivity index (χ1v) is 7.34. The van der Waals surface area contributed by atoms with Gasteiger partial charge >= 0.3 is 6.03 Å². The molecule has 6 heteroatoms. The van der Waals surface area contributed by atoms with Gasteiger partial charge in [0.2, 0.25) is 5.13 Å². The molecule has 5 nitrogen and oxygen atoms in total. The second kappa shape index (κ2) is 4.50. The minimum atomic E-state index is -0.0760. The van der Waals surface area contributed by atoms with E-state index in [2.05, 4.69) is 22.4 Å². The van der Waals surface area contributed by atoms with Crippen LogP contribution in [0.1, 0.15) is 43.5 Å². The predicted octanol–water partition coefficient (Wildman–Crippen LogP) is 2.68. The maximum atomic E-state index is 12.0. The quantitative estimate of drug-likeness (QED) is 0.911. The molecule has 2 aliphatic rings. The lowest BCUT2D eigenvalue weighted by Crippen LogP contribution is -2.39. The van der Waals surface area contributed by atoms with Crippen LogP contribution in [0.3, 0.4) is 0 Å². The van der Waals surface area contributed by atoms with Gasteiger partial charge in [-0.25, -0.2) is 4.79 Å². The molecule has 1 atom stereocenters. The summed E-state index contributed by atoms with van der Waals surface area (Å²) in [6.07, 6.45) is 4.90. The molecule has 0 aromatic carbocycles. The maximum Gasteiger partial charge on any atom is 0.323 e. The van der Waals surface area contributed by atoms with Crippen molar-refractivity contribution in [1.82, 2.24) is 15.1 Å². The minimum absolute atomic E-state index is 0.0760. The summed E-state index contributed by atoms with van der Waals surface area (Å²) in [5.41, 5.74) is 0. The molecule has 1 aromatic heterocycles. The number of urea groups is 1. The largest absolute Gasteiger partial charge is 0.325 e. The van der Waals surface area contributed by atoms with Crippen LogP contribution in [0.15, 0.2) is 0 Å². The van der Waals surface area contributed by atoms with Gasteiger partial charge in [0.1, 0.15) is 5.01 Å². The lowest BCUT2D eigenvalue weighted by Gasteiger charge is -2.24. The summed E-state index contributed by atoms with van der Waals surface area (Å²) in [6, 6.07) is 0.230. The Bertz CT molecular complexity index is 453. The first-order valence-electron chi connectivity index (χ1n) is 6.52. The zero-order valence-corrected chi connectivity index (χ0v) is 11.5. The van der Waals surface area contributed by atoms with Crippen molar-refractivity contribution in [3.63, 3.8) is 0 Å². The van der Waals surface area contributed by atoms with Gasteiger partial charge in [0.25, 0.3) is 0 Å². The third-order valence-corrected chi connectivity index (χ3v) is 4.82. The highest BCUT2D eigenvalue weighted by molar-refractivity contribution is 7.15. The van der Waals surface area contributed by atoms with Crippen molar-refractivity contribution in [3.8, 4) is 0 Å². The van der Waals surface area contributed by atoms with Gasteiger partial charge < -0.3 is 4.90 Å². The molecule has 1 heterocycles. The highest BCUT2D eigenvalue weighted by Crippen LogP contribution is 2.42. The third kappa shape index (κ3) is 2.48. The van der Waals surface area contributed by atoms with Crippen LogP contribution in [0.2, 0.25) is 0 Å². The van der Waals surface area contributed by atoms with Gasteiger partial charge in [-0.15, -0.1) is 10.2 Å². The Balaban J connectivity index is 1.58. The van der Waals surface area contributed by atoms with Crippen molar-refractivity contribution in [3.05, 3.63) is 5.01 Å². The summed E-state index contributed by atoms with van der Waals surface area (Å²) >= 11 is 1.50. The molecule has 1 unspecified atom stereocenters. The highest BCUT2D eigenvalue weighted by Gasteiger charge is 2.33. The number of nitrogens with one attached hydrogen (secondary N) is 1. The van der Waals surface area contributed by atoms with Crippen molar-refractivity contribution in [1.29, 1.82) is 0 Å². The number of anilines is 1. The Kier molecular flexibility index (Phi) is 2.97. The molecule has 1 N–H and O–H groups in total. The van der Waals surface area contributed by atoms with Crippen LogP contribution in [0, 0.1) is 5.92 Å². The summed E-state index contributed by atoms with van der Waals surface area (Å²) in [4.78, 5) is 13.8. The molecule has 0 saturated heterocycles. The minimum Gasteiger partial charge on any atom is -0.325 e. The molecule has 3 rings (SSSR count). The number of carbonyl (C=O) groups is 1.